The van der Waals surface area contributed by atoms with Gasteiger partial charge in [-0.05, 0) is 19.8 Å². The van der Waals surface area contributed by atoms with Crippen LogP contribution in [0.1, 0.15) is 29.4 Å². The number of Topliss-reactive ketones (excluding diaryl/α,β-unsaturated/α-hetero) is 1. The first-order valence-corrected chi connectivity index (χ1v) is 9.55. The van der Waals surface area contributed by atoms with Gasteiger partial charge in [-0.2, -0.15) is 0 Å². The first kappa shape index (κ1) is 16.3. The van der Waals surface area contributed by atoms with Crippen LogP contribution in [0.4, 0.5) is 10.7 Å². The highest BCUT2D eigenvalue weighted by Crippen LogP contribution is 2.43. The minimum Gasteiger partial charge on any atom is -0.396 e. The number of hydrogen-bond acceptors (Lipinski definition) is 7. The zero-order chi connectivity index (χ0) is 15.6. The first-order valence-electron chi connectivity index (χ1n) is 6.84. The molecule has 0 amide bonds. The number of nitrogens with one attached hydrogen (secondary N) is 1. The molecule has 0 atom stereocenters. The van der Waals surface area contributed by atoms with Gasteiger partial charge >= 0.3 is 0 Å². The van der Waals surface area contributed by atoms with E-state index in [1.807, 2.05) is 6.92 Å². The van der Waals surface area contributed by atoms with Gasteiger partial charge < -0.3 is 15.8 Å². The van der Waals surface area contributed by atoms with E-state index in [4.69, 9.17) is 10.5 Å². The van der Waals surface area contributed by atoms with Crippen molar-refractivity contribution in [2.24, 2.45) is 5.92 Å². The summed E-state index contributed by atoms with van der Waals surface area (Å²) in [5, 5.41) is 3.44. The van der Waals surface area contributed by atoms with Crippen LogP contribution in [0.2, 0.25) is 0 Å². The Labute approximate surface area is 128 Å². The van der Waals surface area contributed by atoms with Crippen LogP contribution in [0.15, 0.2) is 4.90 Å². The van der Waals surface area contributed by atoms with Gasteiger partial charge in [0.05, 0.1) is 17.2 Å². The Morgan fingerprint density at radius 3 is 2.67 bits per heavy atom. The van der Waals surface area contributed by atoms with E-state index < -0.39 is 9.84 Å². The second-order valence-electron chi connectivity index (χ2n) is 5.04. The number of hydrogen-bond donors (Lipinski definition) is 2. The quantitative estimate of drug-likeness (QED) is 0.556. The maximum absolute atomic E-state index is 12.2. The molecule has 21 heavy (non-hydrogen) atoms. The number of nitrogen functional groups attached to an aromatic ring is 1. The molecule has 0 bridgehead atoms. The van der Waals surface area contributed by atoms with E-state index in [9.17, 15) is 13.2 Å². The molecule has 0 spiro atoms. The third-order valence-electron chi connectivity index (χ3n) is 3.18. The van der Waals surface area contributed by atoms with Crippen molar-refractivity contribution >= 4 is 37.6 Å². The van der Waals surface area contributed by atoms with Crippen LogP contribution < -0.4 is 11.1 Å². The molecule has 118 valence electrons. The predicted molar refractivity (Wildman–Crippen MR) is 83.9 cm³/mol. The van der Waals surface area contributed by atoms with Crippen LogP contribution in [-0.2, 0) is 14.6 Å². The molecular formula is C13H20N2O4S2. The van der Waals surface area contributed by atoms with Crippen molar-refractivity contribution in [1.82, 2.24) is 0 Å². The maximum Gasteiger partial charge on any atom is 0.180 e. The molecule has 0 unspecified atom stereocenters. The molecule has 1 aliphatic rings. The van der Waals surface area contributed by atoms with Crippen molar-refractivity contribution in [3.05, 3.63) is 4.88 Å². The van der Waals surface area contributed by atoms with Gasteiger partial charge in [0.15, 0.2) is 15.6 Å². The topological polar surface area (TPSA) is 98.5 Å². The normalized spacial score (nSPS) is 15.1. The van der Waals surface area contributed by atoms with E-state index in [-0.39, 0.29) is 22.3 Å². The first-order chi connectivity index (χ1) is 9.86. The Bertz CT molecular complexity index is 633. The van der Waals surface area contributed by atoms with Crippen LogP contribution in [0.5, 0.6) is 0 Å². The number of sulfone groups is 1. The summed E-state index contributed by atoms with van der Waals surface area (Å²) in [6, 6.07) is 0. The number of thiophene rings is 1. The van der Waals surface area contributed by atoms with Crippen molar-refractivity contribution in [1.29, 1.82) is 0 Å². The Kier molecular flexibility index (Phi) is 4.90. The van der Waals surface area contributed by atoms with Gasteiger partial charge in [-0.15, -0.1) is 11.3 Å². The van der Waals surface area contributed by atoms with E-state index in [0.717, 1.165) is 30.4 Å². The molecule has 6 nitrogen and oxygen atoms in total. The smallest absolute Gasteiger partial charge is 0.180 e. The molecule has 0 aliphatic heterocycles. The molecule has 1 aromatic rings. The number of carbonyl (C=O) groups excluding carboxylic acids is 1. The number of nitrogens with two attached hydrogens (primary N) is 1. The Balaban J connectivity index is 2.28. The standard InChI is InChI=1S/C13H20N2O4S2/c1-3-19-7-6-15-13-12(21(2,17)18)9(14)11(20-13)10(16)8-4-5-8/h8,15H,3-7,14H2,1-2H3. The van der Waals surface area contributed by atoms with Gasteiger partial charge in [0.1, 0.15) is 9.90 Å². The fourth-order valence-electron chi connectivity index (χ4n) is 2.01. The number of ether oxygens (including phenoxy) is 1. The average Bonchev–Trinajstić information content (AvgIpc) is 3.17. The summed E-state index contributed by atoms with van der Waals surface area (Å²) in [7, 11) is -3.49. The van der Waals surface area contributed by atoms with Gasteiger partial charge in [0, 0.05) is 25.3 Å². The van der Waals surface area contributed by atoms with Crippen LogP contribution in [0.3, 0.4) is 0 Å². The largest absolute Gasteiger partial charge is 0.396 e. The molecule has 1 fully saturated rings. The zero-order valence-electron chi connectivity index (χ0n) is 12.1. The van der Waals surface area contributed by atoms with Crippen LogP contribution in [0, 0.1) is 5.92 Å². The Morgan fingerprint density at radius 1 is 1.48 bits per heavy atom. The van der Waals surface area contributed by atoms with Crippen molar-refractivity contribution in [2.45, 2.75) is 24.7 Å². The Morgan fingerprint density at radius 2 is 2.14 bits per heavy atom. The summed E-state index contributed by atoms with van der Waals surface area (Å²) in [4.78, 5) is 12.6. The second kappa shape index (κ2) is 6.33. The van der Waals surface area contributed by atoms with Crippen molar-refractivity contribution < 1.29 is 17.9 Å². The summed E-state index contributed by atoms with van der Waals surface area (Å²) in [5.41, 5.74) is 6.01. The lowest BCUT2D eigenvalue weighted by Gasteiger charge is -2.06. The number of anilines is 2. The average molecular weight is 332 g/mol. The highest BCUT2D eigenvalue weighted by atomic mass is 32.2. The summed E-state index contributed by atoms with van der Waals surface area (Å²) in [5.74, 6) is -0.0325. The number of rotatable bonds is 8. The highest BCUT2D eigenvalue weighted by molar-refractivity contribution is 7.91. The lowest BCUT2D eigenvalue weighted by Crippen LogP contribution is -2.11. The van der Waals surface area contributed by atoms with Crippen LogP contribution in [-0.4, -0.2) is 40.2 Å². The molecule has 1 saturated carbocycles. The molecule has 0 radical (unpaired) electrons. The number of ketones is 1. The molecule has 8 heteroatoms. The maximum atomic E-state index is 12.2. The van der Waals surface area contributed by atoms with Gasteiger partial charge in [0.2, 0.25) is 0 Å². The summed E-state index contributed by atoms with van der Waals surface area (Å²) in [6.45, 7) is 3.41. The van der Waals surface area contributed by atoms with Crippen molar-refractivity contribution in [3.8, 4) is 0 Å². The summed E-state index contributed by atoms with van der Waals surface area (Å²) < 4.78 is 29.1. The fourth-order valence-corrected chi connectivity index (χ4v) is 4.62. The third kappa shape index (κ3) is 3.75. The van der Waals surface area contributed by atoms with Gasteiger partial charge in [-0.1, -0.05) is 0 Å². The monoisotopic (exact) mass is 332 g/mol. The minimum absolute atomic E-state index is 0.00892. The molecular weight excluding hydrogens is 312 g/mol. The molecule has 2 rings (SSSR count). The fraction of sp³-hybridized carbons (Fsp3) is 0.615. The Hall–Kier alpha value is -1.12. The van der Waals surface area contributed by atoms with E-state index in [0.29, 0.717) is 29.6 Å². The molecule has 1 heterocycles. The summed E-state index contributed by atoms with van der Waals surface area (Å²) in [6.07, 6.45) is 2.82. The van der Waals surface area contributed by atoms with Crippen molar-refractivity contribution in [3.63, 3.8) is 0 Å². The van der Waals surface area contributed by atoms with E-state index in [1.54, 1.807) is 0 Å². The third-order valence-corrected chi connectivity index (χ3v) is 5.65. The summed E-state index contributed by atoms with van der Waals surface area (Å²) >= 11 is 1.13. The highest BCUT2D eigenvalue weighted by Gasteiger charge is 2.35. The minimum atomic E-state index is -3.49. The molecule has 0 aromatic carbocycles. The molecule has 0 saturated heterocycles. The number of carbonyl (C=O) groups is 1. The zero-order valence-corrected chi connectivity index (χ0v) is 13.8. The van der Waals surface area contributed by atoms with Gasteiger partial charge in [0.25, 0.3) is 0 Å². The van der Waals surface area contributed by atoms with E-state index in [2.05, 4.69) is 5.32 Å². The SMILES string of the molecule is CCOCCNc1sc(C(=O)C2CC2)c(N)c1S(C)(=O)=O. The van der Waals surface area contributed by atoms with Crippen LogP contribution in [0.25, 0.3) is 0 Å². The van der Waals surface area contributed by atoms with E-state index in [1.165, 1.54) is 0 Å². The molecule has 1 aliphatic carbocycles. The lowest BCUT2D eigenvalue weighted by molar-refractivity contribution is 0.0972. The van der Waals surface area contributed by atoms with Gasteiger partial charge in [-0.25, -0.2) is 8.42 Å². The molecule has 1 aromatic heterocycles. The second-order valence-corrected chi connectivity index (χ2v) is 8.01. The molecule has 3 N–H and O–H groups in total. The van der Waals surface area contributed by atoms with Gasteiger partial charge in [-0.3, -0.25) is 4.79 Å². The van der Waals surface area contributed by atoms with Crippen LogP contribution >= 0.6 is 11.3 Å². The van der Waals surface area contributed by atoms with E-state index >= 15 is 0 Å². The van der Waals surface area contributed by atoms with Crippen molar-refractivity contribution in [2.75, 3.05) is 37.1 Å². The lowest BCUT2D eigenvalue weighted by atomic mass is 10.2. The predicted octanol–water partition coefficient (Wildman–Crippen LogP) is 1.77.